The highest BCUT2D eigenvalue weighted by Crippen LogP contribution is 2.30. The zero-order valence-electron chi connectivity index (χ0n) is 17.9. The first-order chi connectivity index (χ1) is 16.2. The summed E-state index contributed by atoms with van der Waals surface area (Å²) in [5.74, 6) is 1.58. The molecule has 4 rings (SSSR count). The molecular weight excluding hydrogens is 456 g/mol. The molecule has 0 radical (unpaired) electrons. The second kappa shape index (κ2) is 11.5. The first-order valence-electron chi connectivity index (χ1n) is 10.5. The van der Waals surface area contributed by atoms with Gasteiger partial charge >= 0.3 is 0 Å². The van der Waals surface area contributed by atoms with Crippen LogP contribution in [0.3, 0.4) is 0 Å². The van der Waals surface area contributed by atoms with E-state index in [1.54, 1.807) is 0 Å². The molecule has 0 spiro atoms. The summed E-state index contributed by atoms with van der Waals surface area (Å²) in [6, 6.07) is 27.1. The number of benzene rings is 3. The zero-order chi connectivity index (χ0) is 22.9. The fourth-order valence-corrected chi connectivity index (χ4v) is 4.19. The van der Waals surface area contributed by atoms with Gasteiger partial charge in [-0.15, -0.1) is 10.2 Å². The molecule has 1 heterocycles. The SMILES string of the molecule is O=C(CSc1nnc(-c2ccccc2Cl)n1Cc1ccccc1)NCCOc1ccccc1. The lowest BCUT2D eigenvalue weighted by Crippen LogP contribution is -2.29. The summed E-state index contributed by atoms with van der Waals surface area (Å²) in [4.78, 5) is 12.4. The summed E-state index contributed by atoms with van der Waals surface area (Å²) in [5.41, 5.74) is 1.91. The molecule has 0 saturated carbocycles. The molecule has 0 aliphatic carbocycles. The van der Waals surface area contributed by atoms with Gasteiger partial charge in [0, 0.05) is 5.56 Å². The van der Waals surface area contributed by atoms with Gasteiger partial charge in [-0.3, -0.25) is 9.36 Å². The Hall–Kier alpha value is -3.29. The molecule has 4 aromatic rings. The second-order valence-electron chi connectivity index (χ2n) is 7.16. The number of carbonyl (C=O) groups is 1. The highest BCUT2D eigenvalue weighted by Gasteiger charge is 2.17. The Kier molecular flexibility index (Phi) is 8.00. The molecule has 8 heteroatoms. The van der Waals surface area contributed by atoms with E-state index in [4.69, 9.17) is 16.3 Å². The Bertz CT molecular complexity index is 1190. The first kappa shape index (κ1) is 22.9. The number of carbonyl (C=O) groups excluding carboxylic acids is 1. The first-order valence-corrected chi connectivity index (χ1v) is 11.9. The lowest BCUT2D eigenvalue weighted by atomic mass is 10.2. The molecule has 0 aliphatic heterocycles. The van der Waals surface area contributed by atoms with Gasteiger partial charge in [0.05, 0.1) is 23.9 Å². The number of aromatic nitrogens is 3. The maximum absolute atomic E-state index is 12.4. The van der Waals surface area contributed by atoms with E-state index < -0.39 is 0 Å². The summed E-state index contributed by atoms with van der Waals surface area (Å²) in [6.07, 6.45) is 0. The molecule has 0 unspecified atom stereocenters. The number of rotatable bonds is 10. The Balaban J connectivity index is 1.40. The van der Waals surface area contributed by atoms with Crippen LogP contribution in [-0.2, 0) is 11.3 Å². The molecule has 168 valence electrons. The number of halogens is 1. The van der Waals surface area contributed by atoms with E-state index in [-0.39, 0.29) is 11.7 Å². The molecule has 6 nitrogen and oxygen atoms in total. The quantitative estimate of drug-likeness (QED) is 0.258. The van der Waals surface area contributed by atoms with Crippen LogP contribution in [0.15, 0.2) is 90.1 Å². The fraction of sp³-hybridized carbons (Fsp3) is 0.160. The summed E-state index contributed by atoms with van der Waals surface area (Å²) >= 11 is 7.77. The lowest BCUT2D eigenvalue weighted by Gasteiger charge is -2.11. The largest absolute Gasteiger partial charge is 0.492 e. The Morgan fingerprint density at radius 3 is 2.39 bits per heavy atom. The number of ether oxygens (including phenoxy) is 1. The van der Waals surface area contributed by atoms with Crippen molar-refractivity contribution < 1.29 is 9.53 Å². The van der Waals surface area contributed by atoms with Crippen molar-refractivity contribution in [2.24, 2.45) is 0 Å². The van der Waals surface area contributed by atoms with Crippen LogP contribution < -0.4 is 10.1 Å². The average molecular weight is 479 g/mol. The zero-order valence-corrected chi connectivity index (χ0v) is 19.4. The molecule has 33 heavy (non-hydrogen) atoms. The van der Waals surface area contributed by atoms with Crippen LogP contribution in [-0.4, -0.2) is 39.6 Å². The normalized spacial score (nSPS) is 10.7. The summed E-state index contributed by atoms with van der Waals surface area (Å²) < 4.78 is 7.60. The van der Waals surface area contributed by atoms with Gasteiger partial charge in [-0.1, -0.05) is 84.0 Å². The molecule has 3 aromatic carbocycles. The topological polar surface area (TPSA) is 69.0 Å². The molecule has 0 atom stereocenters. The van der Waals surface area contributed by atoms with Gasteiger partial charge in [0.15, 0.2) is 11.0 Å². The average Bonchev–Trinajstić information content (AvgIpc) is 3.24. The fourth-order valence-electron chi connectivity index (χ4n) is 3.20. The van der Waals surface area contributed by atoms with Crippen LogP contribution in [0.5, 0.6) is 5.75 Å². The third-order valence-electron chi connectivity index (χ3n) is 4.78. The van der Waals surface area contributed by atoms with Gasteiger partial charge in [0.2, 0.25) is 5.91 Å². The van der Waals surface area contributed by atoms with E-state index in [9.17, 15) is 4.79 Å². The third kappa shape index (κ3) is 6.37. The molecule has 0 saturated heterocycles. The minimum absolute atomic E-state index is 0.0924. The van der Waals surface area contributed by atoms with Crippen LogP contribution >= 0.6 is 23.4 Å². The monoisotopic (exact) mass is 478 g/mol. The second-order valence-corrected chi connectivity index (χ2v) is 8.51. The summed E-state index contributed by atoms with van der Waals surface area (Å²) in [5, 5.41) is 12.9. The summed E-state index contributed by atoms with van der Waals surface area (Å²) in [6.45, 7) is 1.40. The lowest BCUT2D eigenvalue weighted by molar-refractivity contribution is -0.118. The molecule has 1 aromatic heterocycles. The van der Waals surface area contributed by atoms with Crippen LogP contribution in [0, 0.1) is 0 Å². The third-order valence-corrected chi connectivity index (χ3v) is 6.08. The van der Waals surface area contributed by atoms with Crippen LogP contribution in [0.2, 0.25) is 5.02 Å². The van der Waals surface area contributed by atoms with Crippen molar-refractivity contribution in [1.82, 2.24) is 20.1 Å². The van der Waals surface area contributed by atoms with Crippen LogP contribution in [0.1, 0.15) is 5.56 Å². The molecular formula is C25H23ClN4O2S. The van der Waals surface area contributed by atoms with Gasteiger partial charge in [0.25, 0.3) is 0 Å². The van der Waals surface area contributed by atoms with Crippen molar-refractivity contribution in [3.05, 3.63) is 95.5 Å². The van der Waals surface area contributed by atoms with Gasteiger partial charge < -0.3 is 10.1 Å². The number of para-hydroxylation sites is 1. The molecule has 0 bridgehead atoms. The van der Waals surface area contributed by atoms with Gasteiger partial charge in [-0.25, -0.2) is 0 Å². The van der Waals surface area contributed by atoms with E-state index >= 15 is 0 Å². The minimum Gasteiger partial charge on any atom is -0.492 e. The number of nitrogens with zero attached hydrogens (tertiary/aromatic N) is 3. The van der Waals surface area contributed by atoms with E-state index in [1.165, 1.54) is 11.8 Å². The number of hydrogen-bond acceptors (Lipinski definition) is 5. The summed E-state index contributed by atoms with van der Waals surface area (Å²) in [7, 11) is 0. The number of hydrogen-bond donors (Lipinski definition) is 1. The van der Waals surface area contributed by atoms with Crippen molar-refractivity contribution >= 4 is 29.3 Å². The Morgan fingerprint density at radius 2 is 1.64 bits per heavy atom. The van der Waals surface area contributed by atoms with Gasteiger partial charge in [-0.05, 0) is 29.8 Å². The van der Waals surface area contributed by atoms with Crippen molar-refractivity contribution in [1.29, 1.82) is 0 Å². The predicted molar refractivity (Wildman–Crippen MR) is 132 cm³/mol. The predicted octanol–water partition coefficient (Wildman–Crippen LogP) is 4.93. The van der Waals surface area contributed by atoms with Crippen LogP contribution in [0.25, 0.3) is 11.4 Å². The van der Waals surface area contributed by atoms with E-state index in [0.717, 1.165) is 16.9 Å². The van der Waals surface area contributed by atoms with Crippen molar-refractivity contribution in [3.8, 4) is 17.1 Å². The standard InChI is InChI=1S/C25H23ClN4O2S/c26-22-14-8-7-13-21(22)24-28-29-25(30(24)17-19-9-3-1-4-10-19)33-18-23(31)27-15-16-32-20-11-5-2-6-12-20/h1-14H,15-18H2,(H,27,31). The number of nitrogens with one attached hydrogen (secondary N) is 1. The van der Waals surface area contributed by atoms with Gasteiger partial charge in [0.1, 0.15) is 12.4 Å². The highest BCUT2D eigenvalue weighted by molar-refractivity contribution is 7.99. The Labute approximate surface area is 202 Å². The highest BCUT2D eigenvalue weighted by atomic mass is 35.5. The van der Waals surface area contributed by atoms with Crippen molar-refractivity contribution in [2.75, 3.05) is 18.9 Å². The number of thioether (sulfide) groups is 1. The van der Waals surface area contributed by atoms with Gasteiger partial charge in [-0.2, -0.15) is 0 Å². The maximum Gasteiger partial charge on any atom is 0.230 e. The molecule has 0 fully saturated rings. The number of amides is 1. The van der Waals surface area contributed by atoms with E-state index in [0.29, 0.717) is 35.7 Å². The molecule has 1 amide bonds. The smallest absolute Gasteiger partial charge is 0.230 e. The maximum atomic E-state index is 12.4. The molecule has 0 aliphatic rings. The molecule has 1 N–H and O–H groups in total. The minimum atomic E-state index is -0.0924. The van der Waals surface area contributed by atoms with E-state index in [2.05, 4.69) is 15.5 Å². The van der Waals surface area contributed by atoms with E-state index in [1.807, 2.05) is 89.5 Å². The Morgan fingerprint density at radius 1 is 0.939 bits per heavy atom. The van der Waals surface area contributed by atoms with Crippen LogP contribution in [0.4, 0.5) is 0 Å². The van der Waals surface area contributed by atoms with Crippen molar-refractivity contribution in [2.45, 2.75) is 11.7 Å². The van der Waals surface area contributed by atoms with Crippen molar-refractivity contribution in [3.63, 3.8) is 0 Å².